The zero-order chi connectivity index (χ0) is 4.24. The predicted octanol–water partition coefficient (Wildman–Crippen LogP) is 0.683. The molecule has 0 amide bonds. The van der Waals surface area contributed by atoms with E-state index in [9.17, 15) is 0 Å². The van der Waals surface area contributed by atoms with E-state index in [-0.39, 0.29) is 0 Å². The third-order valence-corrected chi connectivity index (χ3v) is 0.953. The van der Waals surface area contributed by atoms with E-state index in [1.165, 1.54) is 12.0 Å². The van der Waals surface area contributed by atoms with Gasteiger partial charge >= 0.3 is 0 Å². The number of nitrogens with one attached hydrogen (secondary N) is 1. The molecule has 1 N–H and O–H groups in total. The Hall–Kier alpha value is -0.150. The number of rotatable bonds is 0. The lowest BCUT2D eigenvalue weighted by molar-refractivity contribution is 0.353. The molecule has 1 aliphatic rings. The molecule has 0 saturated carbocycles. The largest absolute Gasteiger partial charge is 0.367 e. The summed E-state index contributed by atoms with van der Waals surface area (Å²) in [5.74, 6) is 0. The second kappa shape index (κ2) is 2.10. The van der Waals surface area contributed by atoms with Gasteiger partial charge in [-0.1, -0.05) is 0 Å². The van der Waals surface area contributed by atoms with Crippen molar-refractivity contribution in [3.05, 3.63) is 11.6 Å². The molecule has 0 saturated heterocycles. The SMILES string of the molecule is C1=CSOCN1. The fourth-order valence-corrected chi connectivity index (χ4v) is 0.598. The molecular weight excluding hydrogens is 98.1 g/mol. The maximum absolute atomic E-state index is 4.79. The predicted molar refractivity (Wildman–Crippen MR) is 25.8 cm³/mol. The van der Waals surface area contributed by atoms with Gasteiger partial charge in [0.2, 0.25) is 0 Å². The van der Waals surface area contributed by atoms with Crippen LogP contribution in [0.2, 0.25) is 0 Å². The molecule has 0 aromatic heterocycles. The highest BCUT2D eigenvalue weighted by Crippen LogP contribution is 2.04. The van der Waals surface area contributed by atoms with E-state index in [0.717, 1.165) is 0 Å². The van der Waals surface area contributed by atoms with Crippen molar-refractivity contribution in [3.63, 3.8) is 0 Å². The minimum atomic E-state index is 0.626. The van der Waals surface area contributed by atoms with Gasteiger partial charge in [0.15, 0.2) is 0 Å². The summed E-state index contributed by atoms with van der Waals surface area (Å²) < 4.78 is 4.79. The molecule has 6 heavy (non-hydrogen) atoms. The van der Waals surface area contributed by atoms with Gasteiger partial charge in [-0.15, -0.1) is 0 Å². The van der Waals surface area contributed by atoms with Crippen molar-refractivity contribution in [1.29, 1.82) is 0 Å². The van der Waals surface area contributed by atoms with Crippen LogP contribution < -0.4 is 5.32 Å². The summed E-state index contributed by atoms with van der Waals surface area (Å²) in [6, 6.07) is 0. The van der Waals surface area contributed by atoms with Crippen molar-refractivity contribution in [2.75, 3.05) is 6.73 Å². The zero-order valence-electron chi connectivity index (χ0n) is 3.18. The Morgan fingerprint density at radius 1 is 1.83 bits per heavy atom. The molecule has 0 aliphatic carbocycles. The van der Waals surface area contributed by atoms with Gasteiger partial charge in [0.25, 0.3) is 0 Å². The lowest BCUT2D eigenvalue weighted by atomic mass is 11.0. The van der Waals surface area contributed by atoms with E-state index < -0.39 is 0 Å². The van der Waals surface area contributed by atoms with Crippen LogP contribution in [0.4, 0.5) is 0 Å². The summed E-state index contributed by atoms with van der Waals surface area (Å²) >= 11 is 1.35. The second-order valence-corrected chi connectivity index (χ2v) is 1.57. The van der Waals surface area contributed by atoms with E-state index in [2.05, 4.69) is 5.32 Å². The van der Waals surface area contributed by atoms with Gasteiger partial charge in [0.05, 0.1) is 0 Å². The minimum Gasteiger partial charge on any atom is -0.367 e. The highest BCUT2D eigenvalue weighted by Gasteiger charge is 1.84. The smallest absolute Gasteiger partial charge is 0.130 e. The molecule has 0 bridgehead atoms. The molecule has 0 radical (unpaired) electrons. The normalized spacial score (nSPS) is 20.0. The van der Waals surface area contributed by atoms with Crippen LogP contribution in [0.25, 0.3) is 0 Å². The van der Waals surface area contributed by atoms with Gasteiger partial charge < -0.3 is 5.32 Å². The Kier molecular flexibility index (Phi) is 1.41. The third-order valence-electron chi connectivity index (χ3n) is 0.452. The monoisotopic (exact) mass is 103 g/mol. The van der Waals surface area contributed by atoms with Crippen molar-refractivity contribution >= 4 is 12.0 Å². The van der Waals surface area contributed by atoms with Crippen LogP contribution >= 0.6 is 12.0 Å². The van der Waals surface area contributed by atoms with E-state index >= 15 is 0 Å². The summed E-state index contributed by atoms with van der Waals surface area (Å²) in [5, 5.41) is 4.71. The summed E-state index contributed by atoms with van der Waals surface area (Å²) in [6.45, 7) is 0.626. The molecule has 34 valence electrons. The van der Waals surface area contributed by atoms with Crippen molar-refractivity contribution in [1.82, 2.24) is 5.32 Å². The molecule has 0 atom stereocenters. The quantitative estimate of drug-likeness (QED) is 0.455. The van der Waals surface area contributed by atoms with Crippen LogP contribution in [0.15, 0.2) is 11.6 Å². The fraction of sp³-hybridized carbons (Fsp3) is 0.333. The van der Waals surface area contributed by atoms with Crippen LogP contribution in [0.5, 0.6) is 0 Å². The molecule has 0 aromatic carbocycles. The molecule has 2 nitrogen and oxygen atoms in total. The standard InChI is InChI=1S/C3H5NOS/c1-2-6-5-3-4-1/h1-2,4H,3H2. The summed E-state index contributed by atoms with van der Waals surface area (Å²) in [6.07, 6.45) is 1.86. The fourth-order valence-electron chi connectivity index (χ4n) is 0.231. The Morgan fingerprint density at radius 3 is 3.00 bits per heavy atom. The molecular formula is C3H5NOS. The molecule has 0 aromatic rings. The van der Waals surface area contributed by atoms with Crippen LogP contribution in [-0.4, -0.2) is 6.73 Å². The van der Waals surface area contributed by atoms with E-state index in [1.54, 1.807) is 0 Å². The molecule has 0 fully saturated rings. The van der Waals surface area contributed by atoms with Crippen molar-refractivity contribution in [2.45, 2.75) is 0 Å². The lowest BCUT2D eigenvalue weighted by Crippen LogP contribution is -2.09. The van der Waals surface area contributed by atoms with Gasteiger partial charge in [-0.25, -0.2) is 0 Å². The first-order chi connectivity index (χ1) is 3.00. The Labute approximate surface area is 40.8 Å². The molecule has 1 heterocycles. The zero-order valence-corrected chi connectivity index (χ0v) is 3.99. The van der Waals surface area contributed by atoms with Crippen molar-refractivity contribution in [3.8, 4) is 0 Å². The Balaban J connectivity index is 2.26. The topological polar surface area (TPSA) is 21.3 Å². The average Bonchev–Trinajstić information content (AvgIpc) is 1.72. The van der Waals surface area contributed by atoms with Gasteiger partial charge in [-0.05, 0) is 0 Å². The van der Waals surface area contributed by atoms with Gasteiger partial charge in [0.1, 0.15) is 6.73 Å². The maximum Gasteiger partial charge on any atom is 0.130 e. The van der Waals surface area contributed by atoms with Crippen molar-refractivity contribution in [2.24, 2.45) is 0 Å². The molecule has 0 unspecified atom stereocenters. The van der Waals surface area contributed by atoms with E-state index in [1.807, 2.05) is 11.6 Å². The van der Waals surface area contributed by atoms with Crippen LogP contribution in [0.1, 0.15) is 0 Å². The van der Waals surface area contributed by atoms with Crippen LogP contribution in [-0.2, 0) is 4.18 Å². The number of hydrogen-bond donors (Lipinski definition) is 1. The maximum atomic E-state index is 4.79. The van der Waals surface area contributed by atoms with Crippen molar-refractivity contribution < 1.29 is 4.18 Å². The minimum absolute atomic E-state index is 0.626. The van der Waals surface area contributed by atoms with E-state index in [4.69, 9.17) is 4.18 Å². The van der Waals surface area contributed by atoms with E-state index in [0.29, 0.717) is 6.73 Å². The average molecular weight is 103 g/mol. The van der Waals surface area contributed by atoms with Crippen LogP contribution in [0, 0.1) is 0 Å². The van der Waals surface area contributed by atoms with Gasteiger partial charge in [-0.2, -0.15) is 0 Å². The Bertz CT molecular complexity index is 55.8. The van der Waals surface area contributed by atoms with Gasteiger partial charge in [0, 0.05) is 23.7 Å². The van der Waals surface area contributed by atoms with Crippen LogP contribution in [0.3, 0.4) is 0 Å². The first kappa shape index (κ1) is 4.02. The summed E-state index contributed by atoms with van der Waals surface area (Å²) in [5.41, 5.74) is 0. The summed E-state index contributed by atoms with van der Waals surface area (Å²) in [7, 11) is 0. The summed E-state index contributed by atoms with van der Waals surface area (Å²) in [4.78, 5) is 0. The highest BCUT2D eigenvalue weighted by molar-refractivity contribution is 7.97. The first-order valence-electron chi connectivity index (χ1n) is 1.67. The highest BCUT2D eigenvalue weighted by atomic mass is 32.2. The first-order valence-corrected chi connectivity index (χ1v) is 2.47. The Morgan fingerprint density at radius 2 is 2.83 bits per heavy atom. The molecule has 3 heteroatoms. The second-order valence-electron chi connectivity index (χ2n) is 0.865. The van der Waals surface area contributed by atoms with Gasteiger partial charge in [-0.3, -0.25) is 4.18 Å². The lowest BCUT2D eigenvalue weighted by Gasteiger charge is -2.02. The number of hydrogen-bond acceptors (Lipinski definition) is 3. The molecule has 1 rings (SSSR count). The third kappa shape index (κ3) is 0.914. The molecule has 1 aliphatic heterocycles. The molecule has 0 spiro atoms.